The number of nitrogens with zero attached hydrogens (tertiary/aromatic N) is 4. The molecule has 3 heterocycles. The molecule has 0 aromatic carbocycles. The SMILES string of the molecule is CC(=O)N1CCC(CN(c2ncc(B3OC(C)(C)C(C)(C)O3)cn2)C(C)C)C1. The van der Waals surface area contributed by atoms with Crippen molar-refractivity contribution < 1.29 is 14.1 Å². The molecule has 0 bridgehead atoms. The van der Waals surface area contributed by atoms with E-state index in [2.05, 4.69) is 28.7 Å². The highest BCUT2D eigenvalue weighted by Crippen LogP contribution is 2.36. The maximum absolute atomic E-state index is 11.6. The minimum Gasteiger partial charge on any atom is -0.399 e. The van der Waals surface area contributed by atoms with Crippen LogP contribution < -0.4 is 10.4 Å². The molecule has 2 saturated heterocycles. The fourth-order valence-electron chi connectivity index (χ4n) is 3.65. The van der Waals surface area contributed by atoms with E-state index in [-0.39, 0.29) is 23.2 Å². The summed E-state index contributed by atoms with van der Waals surface area (Å²) in [7, 11) is -0.453. The van der Waals surface area contributed by atoms with E-state index in [1.54, 1.807) is 19.3 Å². The molecule has 2 aliphatic rings. The molecule has 0 radical (unpaired) electrons. The van der Waals surface area contributed by atoms with Crippen molar-refractivity contribution in [2.45, 2.75) is 72.1 Å². The molecule has 154 valence electrons. The zero-order valence-electron chi connectivity index (χ0n) is 18.2. The lowest BCUT2D eigenvalue weighted by Crippen LogP contribution is -2.41. The Labute approximate surface area is 168 Å². The summed E-state index contributed by atoms with van der Waals surface area (Å²) in [6.07, 6.45) is 4.63. The maximum atomic E-state index is 11.6. The monoisotopic (exact) mass is 388 g/mol. The van der Waals surface area contributed by atoms with Crippen LogP contribution >= 0.6 is 0 Å². The number of amides is 1. The Morgan fingerprint density at radius 2 is 1.82 bits per heavy atom. The lowest BCUT2D eigenvalue weighted by atomic mass is 9.81. The van der Waals surface area contributed by atoms with Crippen molar-refractivity contribution in [1.82, 2.24) is 14.9 Å². The Morgan fingerprint density at radius 3 is 2.29 bits per heavy atom. The second-order valence-electron chi connectivity index (χ2n) is 9.27. The lowest BCUT2D eigenvalue weighted by Gasteiger charge is -2.32. The van der Waals surface area contributed by atoms with Gasteiger partial charge in [0.1, 0.15) is 0 Å². The first-order valence-electron chi connectivity index (χ1n) is 10.2. The predicted octanol–water partition coefficient (Wildman–Crippen LogP) is 1.86. The van der Waals surface area contributed by atoms with Crippen LogP contribution in [-0.4, -0.2) is 64.8 Å². The number of hydrogen-bond acceptors (Lipinski definition) is 6. The molecule has 1 atom stereocenters. The van der Waals surface area contributed by atoms with Gasteiger partial charge in [-0.1, -0.05) is 0 Å². The van der Waals surface area contributed by atoms with E-state index in [0.29, 0.717) is 11.9 Å². The van der Waals surface area contributed by atoms with Gasteiger partial charge in [0.15, 0.2) is 0 Å². The molecule has 2 aliphatic heterocycles. The molecule has 0 aliphatic carbocycles. The van der Waals surface area contributed by atoms with Gasteiger partial charge in [0.2, 0.25) is 11.9 Å². The summed E-state index contributed by atoms with van der Waals surface area (Å²) in [4.78, 5) is 25.0. The highest BCUT2D eigenvalue weighted by atomic mass is 16.7. The summed E-state index contributed by atoms with van der Waals surface area (Å²) in [5.41, 5.74) is 0.0613. The van der Waals surface area contributed by atoms with Crippen molar-refractivity contribution in [2.75, 3.05) is 24.5 Å². The molecular formula is C20H33BN4O3. The van der Waals surface area contributed by atoms with Crippen molar-refractivity contribution in [2.24, 2.45) is 5.92 Å². The van der Waals surface area contributed by atoms with Crippen molar-refractivity contribution >= 4 is 24.4 Å². The highest BCUT2D eigenvalue weighted by Gasteiger charge is 2.52. The van der Waals surface area contributed by atoms with Crippen molar-refractivity contribution in [3.05, 3.63) is 12.4 Å². The second-order valence-corrected chi connectivity index (χ2v) is 9.27. The predicted molar refractivity (Wildman–Crippen MR) is 111 cm³/mol. The van der Waals surface area contributed by atoms with Crippen LogP contribution in [0.2, 0.25) is 0 Å². The van der Waals surface area contributed by atoms with Crippen LogP contribution in [-0.2, 0) is 14.1 Å². The number of anilines is 1. The van der Waals surface area contributed by atoms with Crippen LogP contribution in [0, 0.1) is 5.92 Å². The summed E-state index contributed by atoms with van der Waals surface area (Å²) in [5.74, 6) is 1.30. The van der Waals surface area contributed by atoms with E-state index in [0.717, 1.165) is 31.5 Å². The molecule has 1 amide bonds. The molecule has 1 aromatic heterocycles. The van der Waals surface area contributed by atoms with Gasteiger partial charge in [0.05, 0.1) is 11.2 Å². The number of carbonyl (C=O) groups is 1. The van der Waals surface area contributed by atoms with Crippen LogP contribution in [0.5, 0.6) is 0 Å². The van der Waals surface area contributed by atoms with Gasteiger partial charge in [-0.3, -0.25) is 4.79 Å². The van der Waals surface area contributed by atoms with Crippen molar-refractivity contribution in [3.63, 3.8) is 0 Å². The molecular weight excluding hydrogens is 355 g/mol. The zero-order chi connectivity index (χ0) is 20.7. The van der Waals surface area contributed by atoms with Crippen molar-refractivity contribution in [3.8, 4) is 0 Å². The smallest absolute Gasteiger partial charge is 0.399 e. The third kappa shape index (κ3) is 4.18. The van der Waals surface area contributed by atoms with Gasteiger partial charge < -0.3 is 19.1 Å². The molecule has 0 N–H and O–H groups in total. The first kappa shape index (κ1) is 21.1. The van der Waals surface area contributed by atoms with Gasteiger partial charge in [-0.25, -0.2) is 9.97 Å². The van der Waals surface area contributed by atoms with Crippen LogP contribution in [0.3, 0.4) is 0 Å². The van der Waals surface area contributed by atoms with Gasteiger partial charge in [0, 0.05) is 50.5 Å². The lowest BCUT2D eigenvalue weighted by molar-refractivity contribution is -0.127. The fourth-order valence-corrected chi connectivity index (χ4v) is 3.65. The Morgan fingerprint density at radius 1 is 1.25 bits per heavy atom. The van der Waals surface area contributed by atoms with E-state index in [1.807, 2.05) is 32.6 Å². The molecule has 7 nitrogen and oxygen atoms in total. The molecule has 2 fully saturated rings. The van der Waals surface area contributed by atoms with Crippen LogP contribution in [0.15, 0.2) is 12.4 Å². The summed E-state index contributed by atoms with van der Waals surface area (Å²) >= 11 is 0. The Balaban J connectivity index is 1.69. The van der Waals surface area contributed by atoms with Crippen LogP contribution in [0.4, 0.5) is 5.95 Å². The summed E-state index contributed by atoms with van der Waals surface area (Å²) < 4.78 is 12.2. The molecule has 8 heteroatoms. The quantitative estimate of drug-likeness (QED) is 0.718. The average Bonchev–Trinajstić information content (AvgIpc) is 3.15. The van der Waals surface area contributed by atoms with Gasteiger partial charge in [-0.05, 0) is 53.9 Å². The van der Waals surface area contributed by atoms with E-state index in [4.69, 9.17) is 9.31 Å². The number of aromatic nitrogens is 2. The topological polar surface area (TPSA) is 67.8 Å². The van der Waals surface area contributed by atoms with Crippen molar-refractivity contribution in [1.29, 1.82) is 0 Å². The molecule has 0 spiro atoms. The number of likely N-dealkylation sites (tertiary alicyclic amines) is 1. The fraction of sp³-hybridized carbons (Fsp3) is 0.750. The summed E-state index contributed by atoms with van der Waals surface area (Å²) in [5, 5.41) is 0. The number of rotatable bonds is 5. The average molecular weight is 388 g/mol. The minimum absolute atomic E-state index is 0.154. The van der Waals surface area contributed by atoms with Gasteiger partial charge >= 0.3 is 7.12 Å². The Hall–Kier alpha value is -1.67. The zero-order valence-corrected chi connectivity index (χ0v) is 18.2. The van der Waals surface area contributed by atoms with Gasteiger partial charge in [0.25, 0.3) is 0 Å². The maximum Gasteiger partial charge on any atom is 0.498 e. The van der Waals surface area contributed by atoms with Gasteiger partial charge in [-0.15, -0.1) is 0 Å². The van der Waals surface area contributed by atoms with Crippen LogP contribution in [0.1, 0.15) is 54.9 Å². The largest absolute Gasteiger partial charge is 0.498 e. The van der Waals surface area contributed by atoms with E-state index >= 15 is 0 Å². The number of carbonyl (C=O) groups excluding carboxylic acids is 1. The van der Waals surface area contributed by atoms with E-state index < -0.39 is 7.12 Å². The Bertz CT molecular complexity index is 692. The third-order valence-electron chi connectivity index (χ3n) is 6.25. The van der Waals surface area contributed by atoms with E-state index in [1.165, 1.54) is 0 Å². The second kappa shape index (κ2) is 7.63. The van der Waals surface area contributed by atoms with Gasteiger partial charge in [-0.2, -0.15) is 0 Å². The summed E-state index contributed by atoms with van der Waals surface area (Å²) in [6, 6.07) is 0.272. The third-order valence-corrected chi connectivity index (χ3v) is 6.25. The van der Waals surface area contributed by atoms with E-state index in [9.17, 15) is 4.79 Å². The Kier molecular flexibility index (Phi) is 5.74. The first-order valence-corrected chi connectivity index (χ1v) is 10.2. The number of hydrogen-bond donors (Lipinski definition) is 0. The summed E-state index contributed by atoms with van der Waals surface area (Å²) in [6.45, 7) is 16.6. The molecule has 1 unspecified atom stereocenters. The molecule has 28 heavy (non-hydrogen) atoms. The standard InChI is InChI=1S/C20H33BN4O3/c1-14(2)25(13-16-8-9-24(12-16)15(3)26)18-22-10-17(11-23-18)21-27-19(4,5)20(6,7)28-21/h10-11,14,16H,8-9,12-13H2,1-7H3. The normalized spacial score (nSPS) is 23.5. The molecule has 3 rings (SSSR count). The highest BCUT2D eigenvalue weighted by molar-refractivity contribution is 6.61. The van der Waals surface area contributed by atoms with Crippen LogP contribution in [0.25, 0.3) is 0 Å². The molecule has 1 aromatic rings. The molecule has 0 saturated carbocycles. The first-order chi connectivity index (χ1) is 13.0. The minimum atomic E-state index is -0.453.